The topological polar surface area (TPSA) is 21.3 Å². The molecule has 0 unspecified atom stereocenters. The molecule has 0 aromatic heterocycles. The average Bonchev–Trinajstić information content (AvgIpc) is 1.72. The number of nitrogens with one attached hydrogen (secondary N) is 1. The van der Waals surface area contributed by atoms with E-state index in [2.05, 4.69) is 5.32 Å². The van der Waals surface area contributed by atoms with E-state index in [0.717, 1.165) is 26.3 Å². The van der Waals surface area contributed by atoms with Crippen LogP contribution in [0.15, 0.2) is 0 Å². The van der Waals surface area contributed by atoms with Crippen LogP contribution in [0.25, 0.3) is 0 Å². The molecular formula is C4H9NOSn. The summed E-state index contributed by atoms with van der Waals surface area (Å²) in [4.78, 5) is 0. The summed E-state index contributed by atoms with van der Waals surface area (Å²) in [6, 6.07) is 0. The second kappa shape index (κ2) is 4.87. The Morgan fingerprint density at radius 1 is 1.14 bits per heavy atom. The van der Waals surface area contributed by atoms with Crippen molar-refractivity contribution in [2.75, 3.05) is 26.3 Å². The molecule has 0 aromatic rings. The van der Waals surface area contributed by atoms with Gasteiger partial charge in [0.25, 0.3) is 0 Å². The third-order valence-corrected chi connectivity index (χ3v) is 0.846. The molecule has 0 aromatic carbocycles. The SMILES string of the molecule is C1COCCN1.[Sn]. The molecule has 1 rings (SSSR count). The number of hydrogen-bond acceptors (Lipinski definition) is 2. The van der Waals surface area contributed by atoms with Crippen LogP contribution in [0.4, 0.5) is 0 Å². The molecule has 1 aliphatic rings. The number of hydrogen-bond donors (Lipinski definition) is 1. The minimum atomic E-state index is 0. The van der Waals surface area contributed by atoms with Crippen molar-refractivity contribution in [3.63, 3.8) is 0 Å². The van der Waals surface area contributed by atoms with Crippen molar-refractivity contribution in [3.05, 3.63) is 0 Å². The molecule has 40 valence electrons. The fourth-order valence-electron chi connectivity index (χ4n) is 0.516. The maximum absolute atomic E-state index is 5.01. The van der Waals surface area contributed by atoms with E-state index < -0.39 is 0 Å². The van der Waals surface area contributed by atoms with Crippen molar-refractivity contribution in [1.82, 2.24) is 5.32 Å². The summed E-state index contributed by atoms with van der Waals surface area (Å²) in [6.45, 7) is 3.83. The zero-order valence-corrected chi connectivity index (χ0v) is 7.09. The van der Waals surface area contributed by atoms with Gasteiger partial charge in [0.05, 0.1) is 13.2 Å². The molecule has 0 atom stereocenters. The third-order valence-electron chi connectivity index (χ3n) is 0.846. The van der Waals surface area contributed by atoms with Crippen LogP contribution in [0.3, 0.4) is 0 Å². The van der Waals surface area contributed by atoms with E-state index >= 15 is 0 Å². The molecule has 7 heavy (non-hydrogen) atoms. The van der Waals surface area contributed by atoms with Crippen LogP contribution >= 0.6 is 0 Å². The van der Waals surface area contributed by atoms with Crippen molar-refractivity contribution >= 4 is 23.9 Å². The maximum atomic E-state index is 5.01. The van der Waals surface area contributed by atoms with Crippen LogP contribution in [0.1, 0.15) is 0 Å². The van der Waals surface area contributed by atoms with E-state index in [4.69, 9.17) is 4.74 Å². The van der Waals surface area contributed by atoms with Crippen molar-refractivity contribution in [3.8, 4) is 0 Å². The molecule has 3 heteroatoms. The van der Waals surface area contributed by atoms with Gasteiger partial charge in [0.2, 0.25) is 0 Å². The molecular weight excluding hydrogens is 197 g/mol. The zero-order valence-electron chi connectivity index (χ0n) is 4.24. The van der Waals surface area contributed by atoms with Gasteiger partial charge in [0.15, 0.2) is 0 Å². The van der Waals surface area contributed by atoms with Gasteiger partial charge in [0, 0.05) is 37.0 Å². The molecule has 1 aliphatic heterocycles. The number of ether oxygens (including phenoxy) is 1. The Morgan fingerprint density at radius 3 is 1.86 bits per heavy atom. The van der Waals surface area contributed by atoms with Crippen LogP contribution in [0.5, 0.6) is 0 Å². The molecule has 0 saturated carbocycles. The summed E-state index contributed by atoms with van der Waals surface area (Å²) in [7, 11) is 0. The van der Waals surface area contributed by atoms with E-state index in [1.165, 1.54) is 0 Å². The van der Waals surface area contributed by atoms with Crippen LogP contribution < -0.4 is 5.32 Å². The number of rotatable bonds is 0. The van der Waals surface area contributed by atoms with Gasteiger partial charge in [-0.15, -0.1) is 0 Å². The van der Waals surface area contributed by atoms with E-state index in [1.54, 1.807) is 0 Å². The van der Waals surface area contributed by atoms with Crippen LogP contribution in [-0.2, 0) is 4.74 Å². The molecule has 1 fully saturated rings. The molecule has 1 N–H and O–H groups in total. The van der Waals surface area contributed by atoms with E-state index in [0.29, 0.717) is 0 Å². The minimum absolute atomic E-state index is 0. The fourth-order valence-corrected chi connectivity index (χ4v) is 0.516. The average molecular weight is 206 g/mol. The Kier molecular flexibility index (Phi) is 5.37. The Morgan fingerprint density at radius 2 is 1.71 bits per heavy atom. The maximum Gasteiger partial charge on any atom is 0.0591 e. The molecule has 2 nitrogen and oxygen atoms in total. The van der Waals surface area contributed by atoms with Gasteiger partial charge in [-0.2, -0.15) is 0 Å². The second-order valence-electron chi connectivity index (χ2n) is 1.36. The van der Waals surface area contributed by atoms with Gasteiger partial charge in [-0.3, -0.25) is 0 Å². The first-order valence-electron chi connectivity index (χ1n) is 2.28. The fraction of sp³-hybridized carbons (Fsp3) is 1.00. The summed E-state index contributed by atoms with van der Waals surface area (Å²) in [5.41, 5.74) is 0. The Labute approximate surface area is 60.6 Å². The quantitative estimate of drug-likeness (QED) is 0.525. The summed E-state index contributed by atoms with van der Waals surface area (Å²) in [5.74, 6) is 0. The first-order valence-corrected chi connectivity index (χ1v) is 2.28. The van der Waals surface area contributed by atoms with Gasteiger partial charge in [-0.25, -0.2) is 0 Å². The predicted octanol–water partition coefficient (Wildman–Crippen LogP) is -0.775. The van der Waals surface area contributed by atoms with Gasteiger partial charge in [0.1, 0.15) is 0 Å². The monoisotopic (exact) mass is 207 g/mol. The van der Waals surface area contributed by atoms with E-state index in [1.807, 2.05) is 0 Å². The Balaban J connectivity index is 0.000000360. The van der Waals surface area contributed by atoms with Crippen molar-refractivity contribution in [1.29, 1.82) is 0 Å². The van der Waals surface area contributed by atoms with Crippen molar-refractivity contribution in [2.45, 2.75) is 0 Å². The smallest absolute Gasteiger partial charge is 0.0591 e. The van der Waals surface area contributed by atoms with Crippen LogP contribution in [0.2, 0.25) is 0 Å². The van der Waals surface area contributed by atoms with E-state index in [9.17, 15) is 0 Å². The Hall–Kier alpha value is 0.719. The zero-order chi connectivity index (χ0) is 4.24. The summed E-state index contributed by atoms with van der Waals surface area (Å²) < 4.78 is 5.01. The van der Waals surface area contributed by atoms with Gasteiger partial charge < -0.3 is 10.1 Å². The molecule has 1 heterocycles. The molecule has 0 spiro atoms. The van der Waals surface area contributed by atoms with Crippen LogP contribution in [-0.4, -0.2) is 50.2 Å². The summed E-state index contributed by atoms with van der Waals surface area (Å²) in [5, 5.41) is 3.16. The van der Waals surface area contributed by atoms with Gasteiger partial charge in [-0.1, -0.05) is 0 Å². The van der Waals surface area contributed by atoms with Gasteiger partial charge in [-0.05, 0) is 0 Å². The molecule has 4 radical (unpaired) electrons. The first kappa shape index (κ1) is 7.72. The largest absolute Gasteiger partial charge is 0.379 e. The van der Waals surface area contributed by atoms with Crippen molar-refractivity contribution < 1.29 is 4.74 Å². The molecule has 0 amide bonds. The van der Waals surface area contributed by atoms with E-state index in [-0.39, 0.29) is 23.9 Å². The first-order chi connectivity index (χ1) is 3.00. The summed E-state index contributed by atoms with van der Waals surface area (Å²) >= 11 is 0. The second-order valence-corrected chi connectivity index (χ2v) is 1.36. The molecule has 0 bridgehead atoms. The predicted molar refractivity (Wildman–Crippen MR) is 29.4 cm³/mol. The normalized spacial score (nSPS) is 20.6. The number of morpholine rings is 1. The van der Waals surface area contributed by atoms with Gasteiger partial charge >= 0.3 is 0 Å². The standard InChI is InChI=1S/C4H9NO.Sn/c1-3-6-4-2-5-1;/h5H,1-4H2;. The third kappa shape index (κ3) is 3.31. The van der Waals surface area contributed by atoms with Crippen LogP contribution in [0, 0.1) is 0 Å². The molecule has 1 saturated heterocycles. The molecule has 0 aliphatic carbocycles. The minimum Gasteiger partial charge on any atom is -0.379 e. The Bertz CT molecular complexity index is 27.2. The van der Waals surface area contributed by atoms with Crippen molar-refractivity contribution in [2.24, 2.45) is 0 Å². The summed E-state index contributed by atoms with van der Waals surface area (Å²) in [6.07, 6.45) is 0.